The summed E-state index contributed by atoms with van der Waals surface area (Å²) in [4.78, 5) is 2.30. The molecule has 2 unspecified atom stereocenters. The molecule has 0 bridgehead atoms. The first-order valence-electron chi connectivity index (χ1n) is 5.71. The average molecular weight is 267 g/mol. The molecule has 0 aromatic heterocycles. The molecular weight excluding hydrogens is 252 g/mol. The monoisotopic (exact) mass is 266 g/mol. The van der Waals surface area contributed by atoms with Gasteiger partial charge in [0.2, 0.25) is 0 Å². The number of benzene rings is 1. The minimum atomic E-state index is 0.430. The predicted molar refractivity (Wildman–Crippen MR) is 74.9 cm³/mol. The zero-order valence-electron chi connectivity index (χ0n) is 9.98. The van der Waals surface area contributed by atoms with Gasteiger partial charge in [-0.2, -0.15) is 17.0 Å². The van der Waals surface area contributed by atoms with Gasteiger partial charge >= 0.3 is 0 Å². The summed E-state index contributed by atoms with van der Waals surface area (Å²) >= 11 is 8.02. The van der Waals surface area contributed by atoms with Gasteiger partial charge in [0.25, 0.3) is 0 Å². The van der Waals surface area contributed by atoms with E-state index in [0.29, 0.717) is 21.9 Å². The van der Waals surface area contributed by atoms with Crippen LogP contribution in [0.25, 0.3) is 0 Å². The van der Waals surface area contributed by atoms with E-state index in [9.17, 15) is 0 Å². The first-order valence-corrected chi connectivity index (χ1v) is 7.14. The summed E-state index contributed by atoms with van der Waals surface area (Å²) < 4.78 is 0. The second-order valence-electron chi connectivity index (χ2n) is 4.28. The first-order chi connectivity index (χ1) is 8.13. The highest BCUT2D eigenvalue weighted by molar-refractivity contribution is 8.00. The van der Waals surface area contributed by atoms with Crippen molar-refractivity contribution in [3.05, 3.63) is 28.8 Å². The lowest BCUT2D eigenvalue weighted by molar-refractivity contribution is 0.627. The van der Waals surface area contributed by atoms with Gasteiger partial charge in [-0.25, -0.2) is 0 Å². The highest BCUT2D eigenvalue weighted by Gasteiger charge is 2.26. The molecule has 2 rings (SSSR count). The molecule has 1 fully saturated rings. The van der Waals surface area contributed by atoms with E-state index in [-0.39, 0.29) is 0 Å². The number of hydrogen-bond donors (Lipinski definition) is 0. The van der Waals surface area contributed by atoms with Crippen molar-refractivity contribution in [2.75, 3.05) is 17.2 Å². The van der Waals surface area contributed by atoms with Crippen LogP contribution in [-0.2, 0) is 0 Å². The second-order valence-corrected chi connectivity index (χ2v) is 6.20. The van der Waals surface area contributed by atoms with Crippen LogP contribution in [0, 0.1) is 11.3 Å². The summed E-state index contributed by atoms with van der Waals surface area (Å²) in [6.45, 7) is 5.42. The van der Waals surface area contributed by atoms with Gasteiger partial charge in [-0.3, -0.25) is 0 Å². The third-order valence-electron chi connectivity index (χ3n) is 3.27. The Morgan fingerprint density at radius 1 is 1.47 bits per heavy atom. The smallest absolute Gasteiger partial charge is 0.101 e. The van der Waals surface area contributed by atoms with Crippen molar-refractivity contribution in [1.29, 1.82) is 5.26 Å². The molecule has 1 heterocycles. The molecular formula is C13H15ClN2S. The van der Waals surface area contributed by atoms with Gasteiger partial charge in [0.05, 0.1) is 11.3 Å². The molecule has 1 aliphatic heterocycles. The molecule has 0 radical (unpaired) electrons. The van der Waals surface area contributed by atoms with Crippen LogP contribution in [0.1, 0.15) is 19.4 Å². The molecule has 17 heavy (non-hydrogen) atoms. The minimum absolute atomic E-state index is 0.430. The third kappa shape index (κ3) is 2.53. The van der Waals surface area contributed by atoms with E-state index < -0.39 is 0 Å². The number of anilines is 1. The van der Waals surface area contributed by atoms with Crippen LogP contribution in [0.2, 0.25) is 5.02 Å². The van der Waals surface area contributed by atoms with Gasteiger partial charge in [0.15, 0.2) is 0 Å². The fraction of sp³-hybridized carbons (Fsp3) is 0.462. The van der Waals surface area contributed by atoms with Crippen LogP contribution in [0.5, 0.6) is 0 Å². The van der Waals surface area contributed by atoms with Crippen molar-refractivity contribution < 1.29 is 0 Å². The third-order valence-corrected chi connectivity index (χ3v) is 4.85. The van der Waals surface area contributed by atoms with Crippen molar-refractivity contribution in [3.8, 4) is 6.07 Å². The Bertz CT molecular complexity index is 455. The van der Waals surface area contributed by atoms with Crippen molar-refractivity contribution >= 4 is 29.1 Å². The molecule has 1 aliphatic rings. The standard InChI is InChI=1S/C13H15ClN2S/c1-9-10(2)17-6-5-16(9)13-7-12(14)4-3-11(13)8-15/h3-4,7,9-10H,5-6H2,1-2H3. The van der Waals surface area contributed by atoms with Gasteiger partial charge in [-0.1, -0.05) is 18.5 Å². The topological polar surface area (TPSA) is 27.0 Å². The number of halogens is 1. The maximum Gasteiger partial charge on any atom is 0.101 e. The van der Waals surface area contributed by atoms with E-state index in [1.54, 1.807) is 12.1 Å². The fourth-order valence-electron chi connectivity index (χ4n) is 2.11. The summed E-state index contributed by atoms with van der Waals surface area (Å²) in [5.41, 5.74) is 1.68. The van der Waals surface area contributed by atoms with E-state index in [1.165, 1.54) is 0 Å². The molecule has 90 valence electrons. The summed E-state index contributed by atoms with van der Waals surface area (Å²) in [5.74, 6) is 1.10. The molecule has 2 atom stereocenters. The van der Waals surface area contributed by atoms with Gasteiger partial charge in [-0.15, -0.1) is 0 Å². The molecule has 0 N–H and O–H groups in total. The summed E-state index contributed by atoms with van der Waals surface area (Å²) in [6.07, 6.45) is 0. The fourth-order valence-corrected chi connectivity index (χ4v) is 3.38. The zero-order chi connectivity index (χ0) is 12.4. The van der Waals surface area contributed by atoms with Crippen LogP contribution in [0.3, 0.4) is 0 Å². The highest BCUT2D eigenvalue weighted by Crippen LogP contribution is 2.32. The Hall–Kier alpha value is -0.850. The number of hydrogen-bond acceptors (Lipinski definition) is 3. The molecule has 2 nitrogen and oxygen atoms in total. The van der Waals surface area contributed by atoms with Gasteiger partial charge < -0.3 is 4.90 Å². The highest BCUT2D eigenvalue weighted by atomic mass is 35.5. The summed E-state index contributed by atoms with van der Waals surface area (Å²) in [6, 6.07) is 8.16. The summed E-state index contributed by atoms with van der Waals surface area (Å²) in [7, 11) is 0. The first kappa shape index (κ1) is 12.6. The van der Waals surface area contributed by atoms with Gasteiger partial charge in [-0.05, 0) is 25.1 Å². The Labute approximate surface area is 112 Å². The van der Waals surface area contributed by atoms with Crippen LogP contribution in [-0.4, -0.2) is 23.6 Å². The van der Waals surface area contributed by atoms with Crippen molar-refractivity contribution in [2.24, 2.45) is 0 Å². The Morgan fingerprint density at radius 2 is 2.24 bits per heavy atom. The van der Waals surface area contributed by atoms with Gasteiger partial charge in [0.1, 0.15) is 6.07 Å². The average Bonchev–Trinajstić information content (AvgIpc) is 2.33. The van der Waals surface area contributed by atoms with Crippen molar-refractivity contribution in [2.45, 2.75) is 25.1 Å². The van der Waals surface area contributed by atoms with E-state index in [1.807, 2.05) is 17.8 Å². The van der Waals surface area contributed by atoms with E-state index in [0.717, 1.165) is 18.0 Å². The lowest BCUT2D eigenvalue weighted by Crippen LogP contribution is -2.45. The van der Waals surface area contributed by atoms with Gasteiger partial charge in [0, 0.05) is 28.6 Å². The maximum absolute atomic E-state index is 9.17. The van der Waals surface area contributed by atoms with Crippen molar-refractivity contribution in [1.82, 2.24) is 0 Å². The maximum atomic E-state index is 9.17. The molecule has 0 aliphatic carbocycles. The Balaban J connectivity index is 2.39. The summed E-state index contributed by atoms with van der Waals surface area (Å²) in [5, 5.41) is 10.4. The second kappa shape index (κ2) is 5.20. The molecule has 1 aromatic carbocycles. The SMILES string of the molecule is CC1SCCN(c2cc(Cl)ccc2C#N)C1C. The molecule has 1 aromatic rings. The van der Waals surface area contributed by atoms with E-state index >= 15 is 0 Å². The quantitative estimate of drug-likeness (QED) is 0.778. The number of rotatable bonds is 1. The lowest BCUT2D eigenvalue weighted by atomic mass is 10.1. The van der Waals surface area contributed by atoms with E-state index in [2.05, 4.69) is 24.8 Å². The van der Waals surface area contributed by atoms with Crippen LogP contribution < -0.4 is 4.90 Å². The minimum Gasteiger partial charge on any atom is -0.366 e. The predicted octanol–water partition coefficient (Wildman–Crippen LogP) is 3.54. The normalized spacial score (nSPS) is 24.5. The number of thioether (sulfide) groups is 1. The number of nitrogens with zero attached hydrogens (tertiary/aromatic N) is 2. The molecule has 0 amide bonds. The number of nitriles is 1. The van der Waals surface area contributed by atoms with Crippen molar-refractivity contribution in [3.63, 3.8) is 0 Å². The van der Waals surface area contributed by atoms with Crippen LogP contribution >= 0.6 is 23.4 Å². The van der Waals surface area contributed by atoms with Crippen LogP contribution in [0.4, 0.5) is 5.69 Å². The zero-order valence-corrected chi connectivity index (χ0v) is 11.6. The molecule has 0 spiro atoms. The van der Waals surface area contributed by atoms with E-state index in [4.69, 9.17) is 16.9 Å². The molecule has 1 saturated heterocycles. The molecule has 4 heteroatoms. The molecule has 0 saturated carbocycles. The Kier molecular flexibility index (Phi) is 3.86. The Morgan fingerprint density at radius 3 is 2.94 bits per heavy atom. The van der Waals surface area contributed by atoms with Crippen LogP contribution in [0.15, 0.2) is 18.2 Å². The largest absolute Gasteiger partial charge is 0.366 e. The lowest BCUT2D eigenvalue weighted by Gasteiger charge is -2.39.